The molecule has 1 aromatic heterocycles. The number of nitrogens with zero attached hydrogens (tertiary/aromatic N) is 2. The Morgan fingerprint density at radius 1 is 1.42 bits per heavy atom. The van der Waals surface area contributed by atoms with E-state index in [1.807, 2.05) is 12.3 Å². The van der Waals surface area contributed by atoms with E-state index in [4.69, 9.17) is 9.47 Å². The fourth-order valence-electron chi connectivity index (χ4n) is 3.20. The molecule has 5 heteroatoms. The molecular formula is C19H24N2O3. The van der Waals surface area contributed by atoms with Crippen molar-refractivity contribution >= 4 is 6.08 Å². The van der Waals surface area contributed by atoms with Crippen LogP contribution in [0.15, 0.2) is 37.0 Å². The number of phenolic OH excluding ortho intramolecular Hbond substituents is 1. The van der Waals surface area contributed by atoms with E-state index in [2.05, 4.69) is 36.3 Å². The van der Waals surface area contributed by atoms with Crippen molar-refractivity contribution in [3.05, 3.63) is 48.3 Å². The minimum absolute atomic E-state index is 0.180. The molecule has 1 aliphatic heterocycles. The average Bonchev–Trinajstić information content (AvgIpc) is 3.21. The summed E-state index contributed by atoms with van der Waals surface area (Å²) < 4.78 is 13.7. The van der Waals surface area contributed by atoms with Gasteiger partial charge in [-0.1, -0.05) is 18.7 Å². The standard InChI is InChI=1S/C19H24N2O3/c1-4-15-18(22)6-5-7-19(15)24-11-14-10-23-12-16(14)17-8-9-20-21(17)13(2)3/h4-9,13-14,16,22H,1,10-12H2,2-3H3. The first kappa shape index (κ1) is 16.6. The molecular weight excluding hydrogens is 304 g/mol. The zero-order valence-corrected chi connectivity index (χ0v) is 14.2. The molecule has 128 valence electrons. The van der Waals surface area contributed by atoms with Gasteiger partial charge in [-0.3, -0.25) is 4.68 Å². The van der Waals surface area contributed by atoms with Gasteiger partial charge in [0.1, 0.15) is 11.5 Å². The summed E-state index contributed by atoms with van der Waals surface area (Å²) in [6.07, 6.45) is 3.46. The van der Waals surface area contributed by atoms with E-state index >= 15 is 0 Å². The first-order valence-corrected chi connectivity index (χ1v) is 8.30. The second-order valence-electron chi connectivity index (χ2n) is 6.40. The van der Waals surface area contributed by atoms with Crippen LogP contribution in [0.25, 0.3) is 6.08 Å². The molecule has 0 spiro atoms. The van der Waals surface area contributed by atoms with Gasteiger partial charge in [-0.2, -0.15) is 5.10 Å². The van der Waals surface area contributed by atoms with Crippen LogP contribution in [0.1, 0.15) is 37.1 Å². The van der Waals surface area contributed by atoms with Crippen molar-refractivity contribution in [1.29, 1.82) is 0 Å². The van der Waals surface area contributed by atoms with Crippen molar-refractivity contribution in [3.63, 3.8) is 0 Å². The van der Waals surface area contributed by atoms with Gasteiger partial charge in [-0.05, 0) is 32.0 Å². The van der Waals surface area contributed by atoms with E-state index in [-0.39, 0.29) is 17.6 Å². The van der Waals surface area contributed by atoms with Crippen LogP contribution in [0.4, 0.5) is 0 Å². The zero-order chi connectivity index (χ0) is 17.1. The summed E-state index contributed by atoms with van der Waals surface area (Å²) in [6, 6.07) is 7.63. The largest absolute Gasteiger partial charge is 0.507 e. The van der Waals surface area contributed by atoms with E-state index in [9.17, 15) is 5.11 Å². The van der Waals surface area contributed by atoms with Crippen LogP contribution in [0, 0.1) is 5.92 Å². The third-order valence-electron chi connectivity index (χ3n) is 4.47. The van der Waals surface area contributed by atoms with Gasteiger partial charge in [0, 0.05) is 29.8 Å². The highest BCUT2D eigenvalue weighted by Gasteiger charge is 2.33. The van der Waals surface area contributed by atoms with Gasteiger partial charge in [0.05, 0.1) is 25.4 Å². The lowest BCUT2D eigenvalue weighted by atomic mass is 9.93. The highest BCUT2D eigenvalue weighted by atomic mass is 16.5. The Kier molecular flexibility index (Phi) is 4.90. The molecule has 0 radical (unpaired) electrons. The smallest absolute Gasteiger partial charge is 0.130 e. The Morgan fingerprint density at radius 2 is 2.25 bits per heavy atom. The van der Waals surface area contributed by atoms with Gasteiger partial charge >= 0.3 is 0 Å². The Balaban J connectivity index is 1.74. The minimum atomic E-state index is 0.180. The topological polar surface area (TPSA) is 56.5 Å². The van der Waals surface area contributed by atoms with E-state index in [0.717, 1.165) is 0 Å². The maximum absolute atomic E-state index is 9.90. The minimum Gasteiger partial charge on any atom is -0.507 e. The van der Waals surface area contributed by atoms with Crippen molar-refractivity contribution in [1.82, 2.24) is 9.78 Å². The summed E-state index contributed by atoms with van der Waals surface area (Å²) >= 11 is 0. The lowest BCUT2D eigenvalue weighted by molar-refractivity contribution is 0.167. The van der Waals surface area contributed by atoms with Crippen molar-refractivity contribution in [2.24, 2.45) is 5.92 Å². The second kappa shape index (κ2) is 7.09. The van der Waals surface area contributed by atoms with Crippen LogP contribution in [0.2, 0.25) is 0 Å². The molecule has 1 aromatic carbocycles. The third kappa shape index (κ3) is 3.17. The molecule has 0 saturated carbocycles. The molecule has 1 aliphatic rings. The number of ether oxygens (including phenoxy) is 2. The fourth-order valence-corrected chi connectivity index (χ4v) is 3.20. The zero-order valence-electron chi connectivity index (χ0n) is 14.2. The average molecular weight is 328 g/mol. The van der Waals surface area contributed by atoms with Gasteiger partial charge in [0.15, 0.2) is 0 Å². The van der Waals surface area contributed by atoms with Crippen LogP contribution in [0.5, 0.6) is 11.5 Å². The first-order chi connectivity index (χ1) is 11.6. The predicted octanol–water partition coefficient (Wildman–Crippen LogP) is 3.62. The summed E-state index contributed by atoms with van der Waals surface area (Å²) in [5.41, 5.74) is 1.82. The van der Waals surface area contributed by atoms with Crippen molar-refractivity contribution < 1.29 is 14.6 Å². The molecule has 1 fully saturated rings. The highest BCUT2D eigenvalue weighted by molar-refractivity contribution is 5.62. The molecule has 0 aliphatic carbocycles. The van der Waals surface area contributed by atoms with Crippen molar-refractivity contribution in [2.45, 2.75) is 25.8 Å². The molecule has 3 rings (SSSR count). The Hall–Kier alpha value is -2.27. The van der Waals surface area contributed by atoms with E-state index in [0.29, 0.717) is 37.2 Å². The number of benzene rings is 1. The van der Waals surface area contributed by atoms with Gasteiger partial charge in [0.25, 0.3) is 0 Å². The van der Waals surface area contributed by atoms with Crippen molar-refractivity contribution in [3.8, 4) is 11.5 Å². The van der Waals surface area contributed by atoms with Crippen LogP contribution in [-0.4, -0.2) is 34.7 Å². The molecule has 1 saturated heterocycles. The van der Waals surface area contributed by atoms with Crippen LogP contribution < -0.4 is 4.74 Å². The lowest BCUT2D eigenvalue weighted by Gasteiger charge is -2.21. The van der Waals surface area contributed by atoms with Crippen LogP contribution in [-0.2, 0) is 4.74 Å². The number of aromatic nitrogens is 2. The molecule has 0 amide bonds. The summed E-state index contributed by atoms with van der Waals surface area (Å²) in [7, 11) is 0. The number of aromatic hydroxyl groups is 1. The Labute approximate surface area is 142 Å². The first-order valence-electron chi connectivity index (χ1n) is 8.30. The Morgan fingerprint density at radius 3 is 3.00 bits per heavy atom. The second-order valence-corrected chi connectivity index (χ2v) is 6.40. The molecule has 2 aromatic rings. The number of hydrogen-bond donors (Lipinski definition) is 1. The lowest BCUT2D eigenvalue weighted by Crippen LogP contribution is -2.22. The van der Waals surface area contributed by atoms with Gasteiger partial charge in [-0.25, -0.2) is 0 Å². The predicted molar refractivity (Wildman–Crippen MR) is 93.4 cm³/mol. The third-order valence-corrected chi connectivity index (χ3v) is 4.47. The fraction of sp³-hybridized carbons (Fsp3) is 0.421. The Bertz CT molecular complexity index is 708. The summed E-state index contributed by atoms with van der Waals surface area (Å²) in [4.78, 5) is 0. The highest BCUT2D eigenvalue weighted by Crippen LogP contribution is 2.34. The monoisotopic (exact) mass is 328 g/mol. The van der Waals surface area contributed by atoms with Gasteiger partial charge in [0.2, 0.25) is 0 Å². The quantitative estimate of drug-likeness (QED) is 0.880. The van der Waals surface area contributed by atoms with Crippen LogP contribution >= 0.6 is 0 Å². The molecule has 2 heterocycles. The number of phenols is 1. The molecule has 1 N–H and O–H groups in total. The van der Waals surface area contributed by atoms with E-state index in [1.54, 1.807) is 18.2 Å². The number of hydrogen-bond acceptors (Lipinski definition) is 4. The van der Waals surface area contributed by atoms with E-state index < -0.39 is 0 Å². The maximum atomic E-state index is 9.90. The van der Waals surface area contributed by atoms with E-state index in [1.165, 1.54) is 5.69 Å². The van der Waals surface area contributed by atoms with Crippen LogP contribution in [0.3, 0.4) is 0 Å². The summed E-state index contributed by atoms with van der Waals surface area (Å²) in [6.45, 7) is 9.86. The maximum Gasteiger partial charge on any atom is 0.130 e. The summed E-state index contributed by atoms with van der Waals surface area (Å²) in [5.74, 6) is 1.34. The molecule has 2 unspecified atom stereocenters. The normalized spacial score (nSPS) is 20.5. The summed E-state index contributed by atoms with van der Waals surface area (Å²) in [5, 5.41) is 14.3. The SMILES string of the molecule is C=Cc1c(O)cccc1OCC1COCC1c1ccnn1C(C)C. The molecule has 24 heavy (non-hydrogen) atoms. The molecule has 0 bridgehead atoms. The van der Waals surface area contributed by atoms with Gasteiger partial charge < -0.3 is 14.6 Å². The number of rotatable bonds is 6. The van der Waals surface area contributed by atoms with Crippen molar-refractivity contribution in [2.75, 3.05) is 19.8 Å². The molecule has 5 nitrogen and oxygen atoms in total. The van der Waals surface area contributed by atoms with Gasteiger partial charge in [-0.15, -0.1) is 0 Å². The molecule has 2 atom stereocenters.